The van der Waals surface area contributed by atoms with Crippen LogP contribution in [0.15, 0.2) is 35.2 Å². The Kier molecular flexibility index (Phi) is 4.60. The van der Waals surface area contributed by atoms with Gasteiger partial charge in [0.2, 0.25) is 10.0 Å². The summed E-state index contributed by atoms with van der Waals surface area (Å²) >= 11 is 0. The number of hydrogen-bond acceptors (Lipinski definition) is 3. The van der Waals surface area contributed by atoms with Gasteiger partial charge < -0.3 is 0 Å². The molecule has 0 amide bonds. The number of piperidine rings is 1. The number of likely N-dealkylation sites (N-methyl/N-ethyl adjacent to an activating group) is 1. The molecule has 1 heterocycles. The highest BCUT2D eigenvalue weighted by molar-refractivity contribution is 7.89. The topological polar surface area (TPSA) is 49.4 Å². The Morgan fingerprint density at radius 1 is 1.19 bits per heavy atom. The van der Waals surface area contributed by atoms with Crippen molar-refractivity contribution in [3.05, 3.63) is 30.3 Å². The monoisotopic (exact) mass is 322 g/mol. The molecule has 0 aromatic heterocycles. The summed E-state index contributed by atoms with van der Waals surface area (Å²) in [4.78, 5) is 1.27. The molecule has 0 aliphatic carbocycles. The summed E-state index contributed by atoms with van der Waals surface area (Å²) in [6.07, 6.45) is -4.22. The van der Waals surface area contributed by atoms with Crippen molar-refractivity contribution in [1.82, 2.24) is 9.62 Å². The van der Waals surface area contributed by atoms with Gasteiger partial charge in [-0.2, -0.15) is 13.2 Å². The molecule has 1 saturated heterocycles. The first kappa shape index (κ1) is 16.3. The van der Waals surface area contributed by atoms with E-state index in [0.717, 1.165) is 4.90 Å². The zero-order valence-electron chi connectivity index (χ0n) is 11.5. The number of nitrogens with one attached hydrogen (secondary N) is 1. The van der Waals surface area contributed by atoms with Gasteiger partial charge >= 0.3 is 6.18 Å². The lowest BCUT2D eigenvalue weighted by molar-refractivity contribution is -0.188. The predicted octanol–water partition coefficient (Wildman–Crippen LogP) is 1.99. The van der Waals surface area contributed by atoms with E-state index in [9.17, 15) is 21.6 Å². The molecule has 1 fully saturated rings. The fourth-order valence-corrected chi connectivity index (χ4v) is 3.83. The van der Waals surface area contributed by atoms with Crippen LogP contribution in [-0.4, -0.2) is 45.2 Å². The molecule has 1 N–H and O–H groups in total. The van der Waals surface area contributed by atoms with E-state index in [1.807, 2.05) is 0 Å². The van der Waals surface area contributed by atoms with E-state index in [2.05, 4.69) is 4.72 Å². The predicted molar refractivity (Wildman–Crippen MR) is 72.3 cm³/mol. The zero-order valence-corrected chi connectivity index (χ0v) is 12.3. The molecule has 8 heteroatoms. The summed E-state index contributed by atoms with van der Waals surface area (Å²) in [5.41, 5.74) is 0. The summed E-state index contributed by atoms with van der Waals surface area (Å²) in [5.74, 6) is 0. The molecule has 0 bridgehead atoms. The van der Waals surface area contributed by atoms with Gasteiger partial charge in [0.05, 0.1) is 4.90 Å². The molecule has 4 nitrogen and oxygen atoms in total. The van der Waals surface area contributed by atoms with Crippen molar-refractivity contribution in [2.45, 2.75) is 36.0 Å². The second kappa shape index (κ2) is 5.94. The molecule has 2 rings (SSSR count). The third kappa shape index (κ3) is 3.96. The molecule has 1 aromatic rings. The first-order chi connectivity index (χ1) is 9.70. The second-order valence-corrected chi connectivity index (χ2v) is 6.92. The normalized spacial score (nSPS) is 25.0. The number of sulfonamides is 1. The van der Waals surface area contributed by atoms with Crippen molar-refractivity contribution in [2.24, 2.45) is 0 Å². The molecule has 118 valence electrons. The number of hydrogen-bond donors (Lipinski definition) is 1. The van der Waals surface area contributed by atoms with Crippen LogP contribution in [0.2, 0.25) is 0 Å². The first-order valence-corrected chi connectivity index (χ1v) is 8.03. The van der Waals surface area contributed by atoms with E-state index in [4.69, 9.17) is 0 Å². The minimum atomic E-state index is -4.28. The molecule has 0 unspecified atom stereocenters. The zero-order chi connectivity index (χ0) is 15.7. The van der Waals surface area contributed by atoms with Crippen LogP contribution in [-0.2, 0) is 10.0 Å². The van der Waals surface area contributed by atoms with Gasteiger partial charge in [0.25, 0.3) is 0 Å². The molecule has 0 radical (unpaired) electrons. The third-order valence-electron chi connectivity index (χ3n) is 3.58. The van der Waals surface area contributed by atoms with Crippen LogP contribution >= 0.6 is 0 Å². The Balaban J connectivity index is 2.03. The lowest BCUT2D eigenvalue weighted by Gasteiger charge is -2.38. The Bertz CT molecular complexity index is 575. The highest BCUT2D eigenvalue weighted by Crippen LogP contribution is 2.31. The lowest BCUT2D eigenvalue weighted by atomic mass is 9.99. The van der Waals surface area contributed by atoms with E-state index in [1.165, 1.54) is 19.2 Å². The molecular weight excluding hydrogens is 305 g/mol. The smallest absolute Gasteiger partial charge is 0.294 e. The first-order valence-electron chi connectivity index (χ1n) is 6.54. The van der Waals surface area contributed by atoms with Gasteiger partial charge in [-0.1, -0.05) is 18.2 Å². The van der Waals surface area contributed by atoms with Crippen molar-refractivity contribution >= 4 is 10.0 Å². The van der Waals surface area contributed by atoms with Gasteiger partial charge in [-0.15, -0.1) is 0 Å². The highest BCUT2D eigenvalue weighted by Gasteiger charge is 2.45. The van der Waals surface area contributed by atoms with E-state index >= 15 is 0 Å². The number of likely N-dealkylation sites (tertiary alicyclic amines) is 1. The highest BCUT2D eigenvalue weighted by atomic mass is 32.2. The van der Waals surface area contributed by atoms with Gasteiger partial charge in [0.1, 0.15) is 6.04 Å². The second-order valence-electron chi connectivity index (χ2n) is 5.21. The Morgan fingerprint density at radius 3 is 2.33 bits per heavy atom. The maximum atomic E-state index is 12.7. The van der Waals surface area contributed by atoms with Crippen LogP contribution in [0.25, 0.3) is 0 Å². The fraction of sp³-hybridized carbons (Fsp3) is 0.538. The molecule has 1 aliphatic heterocycles. The van der Waals surface area contributed by atoms with Crippen molar-refractivity contribution in [3.63, 3.8) is 0 Å². The largest absolute Gasteiger partial charge is 0.404 e. The molecule has 1 aromatic carbocycles. The number of benzene rings is 1. The van der Waals surface area contributed by atoms with Crippen LogP contribution in [0.3, 0.4) is 0 Å². The van der Waals surface area contributed by atoms with Crippen molar-refractivity contribution in [2.75, 3.05) is 13.6 Å². The number of alkyl halides is 3. The fourth-order valence-electron chi connectivity index (χ4n) is 2.54. The van der Waals surface area contributed by atoms with Crippen LogP contribution in [0.4, 0.5) is 13.2 Å². The molecule has 0 spiro atoms. The minimum Gasteiger partial charge on any atom is -0.294 e. The molecule has 21 heavy (non-hydrogen) atoms. The van der Waals surface area contributed by atoms with Crippen LogP contribution < -0.4 is 4.72 Å². The summed E-state index contributed by atoms with van der Waals surface area (Å²) in [6, 6.07) is 5.78. The van der Waals surface area contributed by atoms with Gasteiger partial charge in [-0.05, 0) is 32.0 Å². The quantitative estimate of drug-likeness (QED) is 0.926. The molecular formula is C13H17F3N2O2S. The van der Waals surface area contributed by atoms with Gasteiger partial charge in [-0.25, -0.2) is 13.1 Å². The van der Waals surface area contributed by atoms with E-state index in [0.29, 0.717) is 0 Å². The number of halogens is 3. The van der Waals surface area contributed by atoms with Gasteiger partial charge in [0.15, 0.2) is 0 Å². The van der Waals surface area contributed by atoms with Crippen molar-refractivity contribution < 1.29 is 21.6 Å². The summed E-state index contributed by atoms with van der Waals surface area (Å²) in [7, 11) is -2.33. The average Bonchev–Trinajstić information content (AvgIpc) is 2.37. The van der Waals surface area contributed by atoms with E-state index < -0.39 is 28.3 Å². The SMILES string of the molecule is CN1C[C@@H](NS(=O)(=O)c2ccccc2)CC[C@@H]1C(F)(F)F. The van der Waals surface area contributed by atoms with E-state index in [1.54, 1.807) is 18.2 Å². The van der Waals surface area contributed by atoms with Gasteiger partial charge in [-0.3, -0.25) is 4.90 Å². The summed E-state index contributed by atoms with van der Waals surface area (Å²) in [6.45, 7) is 0.0379. The Morgan fingerprint density at radius 2 is 1.81 bits per heavy atom. The summed E-state index contributed by atoms with van der Waals surface area (Å²) in [5, 5.41) is 0. The summed E-state index contributed by atoms with van der Waals surface area (Å²) < 4.78 is 65.0. The van der Waals surface area contributed by atoms with Crippen molar-refractivity contribution in [1.29, 1.82) is 0 Å². The van der Waals surface area contributed by atoms with Gasteiger partial charge in [0, 0.05) is 12.6 Å². The van der Waals surface area contributed by atoms with Crippen molar-refractivity contribution in [3.8, 4) is 0 Å². The maximum absolute atomic E-state index is 12.7. The Hall–Kier alpha value is -1.12. The van der Waals surface area contributed by atoms with E-state index in [-0.39, 0.29) is 24.3 Å². The minimum absolute atomic E-state index is 0.0379. The lowest BCUT2D eigenvalue weighted by Crippen LogP contribution is -2.54. The number of nitrogens with zero attached hydrogens (tertiary/aromatic N) is 1. The standard InChI is InChI=1S/C13H17F3N2O2S/c1-18-9-10(7-8-12(18)13(14,15)16)17-21(19,20)11-5-3-2-4-6-11/h2-6,10,12,17H,7-9H2,1H3/t10-,12+/m0/s1. The maximum Gasteiger partial charge on any atom is 0.404 e. The van der Waals surface area contributed by atoms with Crippen LogP contribution in [0, 0.1) is 0 Å². The van der Waals surface area contributed by atoms with Crippen LogP contribution in [0.5, 0.6) is 0 Å². The molecule has 1 aliphatic rings. The van der Waals surface area contributed by atoms with Crippen LogP contribution in [0.1, 0.15) is 12.8 Å². The third-order valence-corrected chi connectivity index (χ3v) is 5.12. The average molecular weight is 322 g/mol. The Labute approximate surface area is 122 Å². The molecule has 2 atom stereocenters. The number of rotatable bonds is 3. The molecule has 0 saturated carbocycles.